The van der Waals surface area contributed by atoms with Crippen molar-refractivity contribution in [3.63, 3.8) is 0 Å². The number of benzene rings is 1. The summed E-state index contributed by atoms with van der Waals surface area (Å²) in [6.07, 6.45) is 0. The number of pyridine rings is 1. The smallest absolute Gasteiger partial charge is 0.335 e. The van der Waals surface area contributed by atoms with E-state index < -0.39 is 11.8 Å². The average molecular weight is 291 g/mol. The van der Waals surface area contributed by atoms with Crippen LogP contribution in [0.4, 0.5) is 4.39 Å². The van der Waals surface area contributed by atoms with Crippen molar-refractivity contribution in [3.8, 4) is 11.5 Å². The minimum atomic E-state index is -1.21. The number of hydrogen-bond donors (Lipinski definition) is 1. The second-order valence-electron chi connectivity index (χ2n) is 4.41. The van der Waals surface area contributed by atoms with Crippen molar-refractivity contribution >= 4 is 5.97 Å². The molecular formula is C15H14FNO4. The van der Waals surface area contributed by atoms with Crippen LogP contribution in [0.1, 0.15) is 21.7 Å². The van der Waals surface area contributed by atoms with Gasteiger partial charge in [-0.05, 0) is 19.1 Å². The summed E-state index contributed by atoms with van der Waals surface area (Å²) >= 11 is 0. The fourth-order valence-corrected chi connectivity index (χ4v) is 1.82. The normalized spacial score (nSPS) is 10.2. The Morgan fingerprint density at radius 1 is 1.24 bits per heavy atom. The van der Waals surface area contributed by atoms with Gasteiger partial charge in [0.05, 0.1) is 18.4 Å². The summed E-state index contributed by atoms with van der Waals surface area (Å²) in [7, 11) is 1.55. The SMILES string of the molecule is COc1cc(C)nc(COc2cc(F)cc(C(=O)O)c2)c1. The predicted octanol–water partition coefficient (Wildman–Crippen LogP) is 2.81. The van der Waals surface area contributed by atoms with Crippen LogP contribution in [0, 0.1) is 12.7 Å². The third kappa shape index (κ3) is 3.92. The summed E-state index contributed by atoms with van der Waals surface area (Å²) in [5, 5.41) is 8.87. The topological polar surface area (TPSA) is 68.7 Å². The van der Waals surface area contributed by atoms with E-state index >= 15 is 0 Å². The molecule has 0 bridgehead atoms. The standard InChI is InChI=1S/C15H14FNO4/c1-9-3-13(20-2)7-12(17-9)8-21-14-5-10(15(18)19)4-11(16)6-14/h3-7H,8H2,1-2H3,(H,18,19). The number of ether oxygens (including phenoxy) is 2. The number of carbonyl (C=O) groups is 1. The van der Waals surface area contributed by atoms with Gasteiger partial charge in [0.15, 0.2) is 0 Å². The molecule has 6 heteroatoms. The largest absolute Gasteiger partial charge is 0.497 e. The highest BCUT2D eigenvalue weighted by molar-refractivity contribution is 5.88. The number of aromatic nitrogens is 1. The highest BCUT2D eigenvalue weighted by Gasteiger charge is 2.09. The van der Waals surface area contributed by atoms with Gasteiger partial charge in [0.25, 0.3) is 0 Å². The minimum Gasteiger partial charge on any atom is -0.497 e. The lowest BCUT2D eigenvalue weighted by Gasteiger charge is -2.09. The van der Waals surface area contributed by atoms with Crippen LogP contribution in [0.2, 0.25) is 0 Å². The van der Waals surface area contributed by atoms with Gasteiger partial charge in [0, 0.05) is 23.9 Å². The van der Waals surface area contributed by atoms with E-state index in [1.807, 2.05) is 6.92 Å². The molecule has 1 heterocycles. The Kier molecular flexibility index (Phi) is 4.37. The lowest BCUT2D eigenvalue weighted by atomic mass is 10.2. The van der Waals surface area contributed by atoms with Crippen molar-refractivity contribution in [3.05, 3.63) is 53.1 Å². The van der Waals surface area contributed by atoms with E-state index in [1.54, 1.807) is 19.2 Å². The summed E-state index contributed by atoms with van der Waals surface area (Å²) in [6, 6.07) is 6.79. The first kappa shape index (κ1) is 14.8. The monoisotopic (exact) mass is 291 g/mol. The van der Waals surface area contributed by atoms with Gasteiger partial charge in [0.2, 0.25) is 0 Å². The van der Waals surface area contributed by atoms with E-state index in [0.717, 1.165) is 17.8 Å². The van der Waals surface area contributed by atoms with Gasteiger partial charge < -0.3 is 14.6 Å². The predicted molar refractivity (Wildman–Crippen MR) is 73.2 cm³/mol. The Bertz CT molecular complexity index is 673. The summed E-state index contributed by atoms with van der Waals surface area (Å²) < 4.78 is 23.8. The zero-order valence-electron chi connectivity index (χ0n) is 11.6. The molecule has 0 atom stereocenters. The van der Waals surface area contributed by atoms with E-state index in [4.69, 9.17) is 14.6 Å². The number of carboxylic acids is 1. The van der Waals surface area contributed by atoms with E-state index in [-0.39, 0.29) is 17.9 Å². The lowest BCUT2D eigenvalue weighted by Crippen LogP contribution is -2.03. The molecule has 5 nitrogen and oxygen atoms in total. The van der Waals surface area contributed by atoms with E-state index in [0.29, 0.717) is 11.4 Å². The van der Waals surface area contributed by atoms with Gasteiger partial charge in [-0.15, -0.1) is 0 Å². The molecule has 110 valence electrons. The Balaban J connectivity index is 2.16. The first-order valence-corrected chi connectivity index (χ1v) is 6.16. The van der Waals surface area contributed by atoms with Crippen LogP contribution in [-0.4, -0.2) is 23.2 Å². The molecule has 0 saturated heterocycles. The number of aromatic carboxylic acids is 1. The van der Waals surface area contributed by atoms with Gasteiger partial charge in [-0.1, -0.05) is 0 Å². The number of rotatable bonds is 5. The van der Waals surface area contributed by atoms with Crippen LogP contribution in [0.3, 0.4) is 0 Å². The fourth-order valence-electron chi connectivity index (χ4n) is 1.82. The Morgan fingerprint density at radius 3 is 2.67 bits per heavy atom. The summed E-state index contributed by atoms with van der Waals surface area (Å²) in [5.74, 6) is -1.10. The van der Waals surface area contributed by atoms with Crippen LogP contribution in [0.25, 0.3) is 0 Å². The molecular weight excluding hydrogens is 277 g/mol. The van der Waals surface area contributed by atoms with Gasteiger partial charge in [-0.25, -0.2) is 9.18 Å². The minimum absolute atomic E-state index is 0.0839. The summed E-state index contributed by atoms with van der Waals surface area (Å²) in [4.78, 5) is 15.1. The summed E-state index contributed by atoms with van der Waals surface area (Å²) in [5.41, 5.74) is 1.20. The van der Waals surface area contributed by atoms with Crippen LogP contribution < -0.4 is 9.47 Å². The van der Waals surface area contributed by atoms with Crippen LogP contribution in [0.5, 0.6) is 11.5 Å². The number of halogens is 1. The molecule has 21 heavy (non-hydrogen) atoms. The van der Waals surface area contributed by atoms with Crippen molar-refractivity contribution in [2.75, 3.05) is 7.11 Å². The van der Waals surface area contributed by atoms with Crippen LogP contribution in [0.15, 0.2) is 30.3 Å². The third-order valence-corrected chi connectivity index (χ3v) is 2.72. The molecule has 0 aliphatic heterocycles. The molecule has 0 saturated carbocycles. The van der Waals surface area contributed by atoms with Gasteiger partial charge in [-0.3, -0.25) is 4.98 Å². The third-order valence-electron chi connectivity index (χ3n) is 2.72. The summed E-state index contributed by atoms with van der Waals surface area (Å²) in [6.45, 7) is 1.90. The molecule has 2 rings (SSSR count). The van der Waals surface area contributed by atoms with Crippen molar-refractivity contribution < 1.29 is 23.8 Å². The second-order valence-corrected chi connectivity index (χ2v) is 4.41. The van der Waals surface area contributed by atoms with Crippen molar-refractivity contribution in [2.24, 2.45) is 0 Å². The Morgan fingerprint density at radius 2 is 2.00 bits per heavy atom. The molecule has 0 fully saturated rings. The quantitative estimate of drug-likeness (QED) is 0.917. The number of aryl methyl sites for hydroxylation is 1. The second kappa shape index (κ2) is 6.21. The number of carboxylic acid groups (broad SMARTS) is 1. The van der Waals surface area contributed by atoms with Gasteiger partial charge >= 0.3 is 5.97 Å². The van der Waals surface area contributed by atoms with Crippen molar-refractivity contribution in [1.29, 1.82) is 0 Å². The van der Waals surface area contributed by atoms with Gasteiger partial charge in [0.1, 0.15) is 23.9 Å². The molecule has 0 spiro atoms. The highest BCUT2D eigenvalue weighted by Crippen LogP contribution is 2.19. The lowest BCUT2D eigenvalue weighted by molar-refractivity contribution is 0.0695. The van der Waals surface area contributed by atoms with E-state index in [9.17, 15) is 9.18 Å². The van der Waals surface area contributed by atoms with Crippen molar-refractivity contribution in [1.82, 2.24) is 4.98 Å². The first-order chi connectivity index (χ1) is 9.97. The molecule has 0 radical (unpaired) electrons. The fraction of sp³-hybridized carbons (Fsp3) is 0.200. The molecule has 0 unspecified atom stereocenters. The average Bonchev–Trinajstić information content (AvgIpc) is 2.44. The van der Waals surface area contributed by atoms with Crippen molar-refractivity contribution in [2.45, 2.75) is 13.5 Å². The van der Waals surface area contributed by atoms with Crippen LogP contribution in [-0.2, 0) is 6.61 Å². The van der Waals surface area contributed by atoms with Crippen LogP contribution >= 0.6 is 0 Å². The highest BCUT2D eigenvalue weighted by atomic mass is 19.1. The number of methoxy groups -OCH3 is 1. The molecule has 0 aliphatic carbocycles. The maximum atomic E-state index is 13.3. The Labute approximate surface area is 121 Å². The van der Waals surface area contributed by atoms with Gasteiger partial charge in [-0.2, -0.15) is 0 Å². The maximum absolute atomic E-state index is 13.3. The first-order valence-electron chi connectivity index (χ1n) is 6.16. The molecule has 2 aromatic rings. The molecule has 1 aromatic heterocycles. The zero-order chi connectivity index (χ0) is 15.4. The van der Waals surface area contributed by atoms with E-state index in [1.165, 1.54) is 6.07 Å². The maximum Gasteiger partial charge on any atom is 0.335 e. The molecule has 0 amide bonds. The molecule has 1 N–H and O–H groups in total. The molecule has 0 aliphatic rings. The number of hydrogen-bond acceptors (Lipinski definition) is 4. The Hall–Kier alpha value is -2.63. The zero-order valence-corrected chi connectivity index (χ0v) is 11.6. The molecule has 1 aromatic carbocycles. The number of nitrogens with zero attached hydrogens (tertiary/aromatic N) is 1. The van der Waals surface area contributed by atoms with E-state index in [2.05, 4.69) is 4.98 Å².